The Hall–Kier alpha value is -2.46. The molecular weight excluding hydrogens is 363 g/mol. The Balaban J connectivity index is 1.54. The average molecular weight is 378 g/mol. The van der Waals surface area contributed by atoms with E-state index in [1.54, 1.807) is 36.0 Å². The first-order valence-electron chi connectivity index (χ1n) is 7.29. The molecule has 2 aromatic heterocycles. The molecule has 0 spiro atoms. The van der Waals surface area contributed by atoms with Crippen LogP contribution >= 0.6 is 23.1 Å². The van der Waals surface area contributed by atoms with Crippen molar-refractivity contribution in [2.75, 3.05) is 16.4 Å². The number of aromatic nitrogens is 4. The van der Waals surface area contributed by atoms with Gasteiger partial charge in [0.05, 0.1) is 17.1 Å². The number of benzene rings is 1. The number of anilines is 3. The number of nitrogens with one attached hydrogen (secondary N) is 2. The smallest absolute Gasteiger partial charge is 0.235 e. The van der Waals surface area contributed by atoms with Crippen LogP contribution in [0.5, 0.6) is 0 Å². The van der Waals surface area contributed by atoms with Crippen LogP contribution < -0.4 is 10.6 Å². The lowest BCUT2D eigenvalue weighted by atomic mass is 10.3. The van der Waals surface area contributed by atoms with Crippen LogP contribution in [0.25, 0.3) is 0 Å². The molecule has 2 heterocycles. The first kappa shape index (κ1) is 17.4. The summed E-state index contributed by atoms with van der Waals surface area (Å²) in [5.41, 5.74) is 1.16. The molecule has 0 fully saturated rings. The van der Waals surface area contributed by atoms with Crippen LogP contribution in [0.2, 0.25) is 0 Å². The second-order valence-electron chi connectivity index (χ2n) is 5.11. The van der Waals surface area contributed by atoms with Gasteiger partial charge < -0.3 is 10.6 Å². The van der Waals surface area contributed by atoms with Gasteiger partial charge in [-0.1, -0.05) is 35.2 Å². The van der Waals surface area contributed by atoms with Crippen LogP contribution in [-0.2, 0) is 11.8 Å². The number of carbonyl (C=O) groups excluding carboxylic acids is 1. The van der Waals surface area contributed by atoms with Crippen molar-refractivity contribution in [1.82, 2.24) is 20.0 Å². The first-order chi connectivity index (χ1) is 12.0. The number of para-hydroxylation sites is 1. The number of aryl methyl sites for hydroxylation is 2. The molecule has 0 aliphatic carbocycles. The Kier molecular flexibility index (Phi) is 5.29. The zero-order chi connectivity index (χ0) is 17.8. The maximum absolute atomic E-state index is 13.6. The fraction of sp³-hybridized carbons (Fsp3) is 0.200. The third kappa shape index (κ3) is 4.54. The average Bonchev–Trinajstić information content (AvgIpc) is 3.14. The molecule has 0 bridgehead atoms. The Morgan fingerprint density at radius 2 is 2.16 bits per heavy atom. The molecule has 1 amide bonds. The fourth-order valence-electron chi connectivity index (χ4n) is 2.03. The van der Waals surface area contributed by atoms with Crippen LogP contribution in [0.15, 0.2) is 34.7 Å². The SMILES string of the molecule is Cc1cc(NC(=O)CSc2nnc(Nc3ccccc3F)s2)n(C)n1. The quantitative estimate of drug-likeness (QED) is 0.641. The number of thioether (sulfide) groups is 1. The largest absolute Gasteiger partial charge is 0.328 e. The third-order valence-corrected chi connectivity index (χ3v) is 5.09. The number of nitrogens with zero attached hydrogens (tertiary/aromatic N) is 4. The minimum absolute atomic E-state index is 0.160. The highest BCUT2D eigenvalue weighted by atomic mass is 32.2. The molecule has 1 aromatic carbocycles. The Morgan fingerprint density at radius 3 is 2.88 bits per heavy atom. The monoisotopic (exact) mass is 378 g/mol. The minimum Gasteiger partial charge on any atom is -0.328 e. The van der Waals surface area contributed by atoms with E-state index in [0.29, 0.717) is 21.0 Å². The Labute approximate surface area is 151 Å². The van der Waals surface area contributed by atoms with Crippen LogP contribution in [0, 0.1) is 12.7 Å². The maximum atomic E-state index is 13.6. The van der Waals surface area contributed by atoms with Gasteiger partial charge in [0.1, 0.15) is 11.6 Å². The zero-order valence-electron chi connectivity index (χ0n) is 13.5. The van der Waals surface area contributed by atoms with Gasteiger partial charge in [-0.25, -0.2) is 4.39 Å². The molecule has 0 saturated heterocycles. The minimum atomic E-state index is -0.363. The van der Waals surface area contributed by atoms with Crippen molar-refractivity contribution >= 4 is 45.6 Å². The van der Waals surface area contributed by atoms with Gasteiger partial charge in [0, 0.05) is 13.1 Å². The highest BCUT2D eigenvalue weighted by Crippen LogP contribution is 2.28. The summed E-state index contributed by atoms with van der Waals surface area (Å²) in [4.78, 5) is 12.0. The van der Waals surface area contributed by atoms with E-state index < -0.39 is 0 Å². The molecule has 130 valence electrons. The first-order valence-corrected chi connectivity index (χ1v) is 9.10. The summed E-state index contributed by atoms with van der Waals surface area (Å²) in [6.45, 7) is 1.86. The summed E-state index contributed by atoms with van der Waals surface area (Å²) in [7, 11) is 1.77. The van der Waals surface area contributed by atoms with Gasteiger partial charge in [-0.05, 0) is 19.1 Å². The maximum Gasteiger partial charge on any atom is 0.235 e. The number of amides is 1. The highest BCUT2D eigenvalue weighted by molar-refractivity contribution is 8.01. The van der Waals surface area contributed by atoms with Crippen molar-refractivity contribution in [2.24, 2.45) is 7.05 Å². The second kappa shape index (κ2) is 7.62. The number of rotatable bonds is 6. The number of hydrogen-bond donors (Lipinski definition) is 2. The summed E-state index contributed by atoms with van der Waals surface area (Å²) < 4.78 is 15.8. The summed E-state index contributed by atoms with van der Waals surface area (Å²) in [5, 5.41) is 18.2. The molecule has 3 rings (SSSR count). The molecule has 10 heteroatoms. The Bertz CT molecular complexity index is 894. The number of halogens is 1. The molecule has 0 saturated carbocycles. The molecule has 2 N–H and O–H groups in total. The normalized spacial score (nSPS) is 10.7. The summed E-state index contributed by atoms with van der Waals surface area (Å²) >= 11 is 2.52. The van der Waals surface area contributed by atoms with Crippen LogP contribution in [0.1, 0.15) is 5.69 Å². The van der Waals surface area contributed by atoms with E-state index in [-0.39, 0.29) is 17.5 Å². The van der Waals surface area contributed by atoms with Crippen molar-refractivity contribution in [3.05, 3.63) is 41.8 Å². The zero-order valence-corrected chi connectivity index (χ0v) is 15.1. The van der Waals surface area contributed by atoms with Crippen LogP contribution in [-0.4, -0.2) is 31.6 Å². The molecule has 3 aromatic rings. The lowest BCUT2D eigenvalue weighted by Crippen LogP contribution is -2.16. The number of hydrogen-bond acceptors (Lipinski definition) is 7. The van der Waals surface area contributed by atoms with Gasteiger partial charge in [0.15, 0.2) is 4.34 Å². The van der Waals surface area contributed by atoms with E-state index in [1.807, 2.05) is 6.92 Å². The van der Waals surface area contributed by atoms with Gasteiger partial charge >= 0.3 is 0 Å². The lowest BCUT2D eigenvalue weighted by Gasteiger charge is -2.03. The molecular formula is C15H15FN6OS2. The third-order valence-electron chi connectivity index (χ3n) is 3.12. The second-order valence-corrected chi connectivity index (χ2v) is 7.31. The molecule has 7 nitrogen and oxygen atoms in total. The topological polar surface area (TPSA) is 84.7 Å². The van der Waals surface area contributed by atoms with Crippen molar-refractivity contribution < 1.29 is 9.18 Å². The van der Waals surface area contributed by atoms with Crippen molar-refractivity contribution in [2.45, 2.75) is 11.3 Å². The standard InChI is InChI=1S/C15H15FN6OS2/c1-9-7-12(22(2)21-9)18-13(23)8-24-15-20-19-14(25-15)17-11-6-4-3-5-10(11)16/h3-7H,8H2,1-2H3,(H,17,19)(H,18,23). The van der Waals surface area contributed by atoms with E-state index in [2.05, 4.69) is 25.9 Å². The van der Waals surface area contributed by atoms with Crippen molar-refractivity contribution in [1.29, 1.82) is 0 Å². The van der Waals surface area contributed by atoms with E-state index in [4.69, 9.17) is 0 Å². The molecule has 0 unspecified atom stereocenters. The van der Waals surface area contributed by atoms with Crippen molar-refractivity contribution in [3.8, 4) is 0 Å². The lowest BCUT2D eigenvalue weighted by molar-refractivity contribution is -0.113. The van der Waals surface area contributed by atoms with Crippen molar-refractivity contribution in [3.63, 3.8) is 0 Å². The molecule has 0 aliphatic rings. The van der Waals surface area contributed by atoms with E-state index in [9.17, 15) is 9.18 Å². The summed E-state index contributed by atoms with van der Waals surface area (Å²) in [6, 6.07) is 8.12. The molecule has 25 heavy (non-hydrogen) atoms. The Morgan fingerprint density at radius 1 is 1.36 bits per heavy atom. The molecule has 0 atom stereocenters. The van der Waals surface area contributed by atoms with Crippen LogP contribution in [0.3, 0.4) is 0 Å². The van der Waals surface area contributed by atoms with E-state index in [1.165, 1.54) is 29.2 Å². The fourth-order valence-corrected chi connectivity index (χ4v) is 3.59. The summed E-state index contributed by atoms with van der Waals surface area (Å²) in [6.07, 6.45) is 0. The van der Waals surface area contributed by atoms with Crippen LogP contribution in [0.4, 0.5) is 21.0 Å². The van der Waals surface area contributed by atoms with Gasteiger partial charge in [0.25, 0.3) is 0 Å². The predicted octanol–water partition coefficient (Wildman–Crippen LogP) is 3.19. The van der Waals surface area contributed by atoms with Gasteiger partial charge in [-0.2, -0.15) is 5.10 Å². The van der Waals surface area contributed by atoms with Gasteiger partial charge in [0.2, 0.25) is 11.0 Å². The number of carbonyl (C=O) groups is 1. The molecule has 0 aliphatic heterocycles. The van der Waals surface area contributed by atoms with E-state index in [0.717, 1.165) is 5.69 Å². The predicted molar refractivity (Wildman–Crippen MR) is 96.9 cm³/mol. The summed E-state index contributed by atoms with van der Waals surface area (Å²) in [5.74, 6) is 0.310. The van der Waals surface area contributed by atoms with Gasteiger partial charge in [-0.3, -0.25) is 9.48 Å². The highest BCUT2D eigenvalue weighted by Gasteiger charge is 2.11. The molecule has 0 radical (unpaired) electrons. The van der Waals surface area contributed by atoms with E-state index >= 15 is 0 Å². The van der Waals surface area contributed by atoms with Gasteiger partial charge in [-0.15, -0.1) is 10.2 Å².